The van der Waals surface area contributed by atoms with E-state index in [9.17, 15) is 9.59 Å². The minimum Gasteiger partial charge on any atom is -0.476 e. The topological polar surface area (TPSA) is 82.8 Å². The molecule has 0 aliphatic carbocycles. The van der Waals surface area contributed by atoms with Gasteiger partial charge in [-0.2, -0.15) is 9.78 Å². The molecule has 0 spiro atoms. The molecule has 0 bridgehead atoms. The molecule has 3 rings (SSSR count). The highest BCUT2D eigenvalue weighted by Gasteiger charge is 2.20. The van der Waals surface area contributed by atoms with Crippen LogP contribution in [0.25, 0.3) is 10.9 Å². The van der Waals surface area contributed by atoms with Gasteiger partial charge < -0.3 is 9.47 Å². The summed E-state index contributed by atoms with van der Waals surface area (Å²) in [6.45, 7) is 7.36. The van der Waals surface area contributed by atoms with E-state index in [1.54, 1.807) is 38.1 Å². The molecule has 7 nitrogen and oxygen atoms in total. The van der Waals surface area contributed by atoms with E-state index in [-0.39, 0.29) is 33.9 Å². The van der Waals surface area contributed by atoms with Crippen molar-refractivity contribution in [3.05, 3.63) is 66.6 Å². The molecule has 0 radical (unpaired) electrons. The molecule has 0 aliphatic rings. The van der Waals surface area contributed by atoms with E-state index >= 15 is 0 Å². The Labute approximate surface area is 209 Å². The van der Waals surface area contributed by atoms with Crippen LogP contribution < -0.4 is 10.3 Å². The van der Waals surface area contributed by atoms with Crippen LogP contribution in [-0.2, 0) is 9.53 Å². The van der Waals surface area contributed by atoms with Gasteiger partial charge in [0.2, 0.25) is 0 Å². The number of halogens is 3. The number of hydrogen-bond donors (Lipinski definition) is 0. The molecule has 10 heteroatoms. The number of esters is 1. The van der Waals surface area contributed by atoms with Crippen LogP contribution in [0.4, 0.5) is 0 Å². The molecule has 0 N–H and O–H groups in total. The van der Waals surface area contributed by atoms with Crippen molar-refractivity contribution in [2.24, 2.45) is 5.10 Å². The molecule has 1 atom stereocenters. The van der Waals surface area contributed by atoms with Crippen molar-refractivity contribution in [1.29, 1.82) is 0 Å². The fourth-order valence-corrected chi connectivity index (χ4v) is 3.98. The van der Waals surface area contributed by atoms with Gasteiger partial charge in [-0.15, -0.1) is 0 Å². The van der Waals surface area contributed by atoms with Crippen molar-refractivity contribution in [2.75, 3.05) is 6.61 Å². The van der Waals surface area contributed by atoms with Crippen LogP contribution in [0.5, 0.6) is 5.75 Å². The average Bonchev–Trinajstić information content (AvgIpc) is 2.75. The predicted octanol–water partition coefficient (Wildman–Crippen LogP) is 5.80. The number of nitrogens with zero attached hydrogens (tertiary/aromatic N) is 3. The zero-order valence-electron chi connectivity index (χ0n) is 18.4. The zero-order valence-corrected chi connectivity index (χ0v) is 21.5. The maximum Gasteiger partial charge on any atom is 0.347 e. The maximum atomic E-state index is 13.1. The SMILES string of the molecule is CCOC(=O)[C@@H](C)Oc1c(Cl)cc(C=Nn2c(C(C)C)nc3ccc(Br)cc3c2=O)cc1Cl. The number of fused-ring (bicyclic) bond motifs is 1. The first-order chi connectivity index (χ1) is 15.6. The van der Waals surface area contributed by atoms with Crippen LogP contribution in [-0.4, -0.2) is 34.6 Å². The fraction of sp³-hybridized carbons (Fsp3) is 0.304. The summed E-state index contributed by atoms with van der Waals surface area (Å²) in [6.07, 6.45) is 0.587. The second kappa shape index (κ2) is 10.7. The molecule has 1 heterocycles. The van der Waals surface area contributed by atoms with E-state index in [4.69, 9.17) is 32.7 Å². The van der Waals surface area contributed by atoms with Crippen LogP contribution >= 0.6 is 39.1 Å². The van der Waals surface area contributed by atoms with Gasteiger partial charge in [0.25, 0.3) is 5.56 Å². The minimum atomic E-state index is -0.880. The molecule has 0 fully saturated rings. The van der Waals surface area contributed by atoms with E-state index in [2.05, 4.69) is 26.0 Å². The third-order valence-electron chi connectivity index (χ3n) is 4.61. The van der Waals surface area contributed by atoms with Crippen LogP contribution in [0.15, 0.2) is 44.7 Å². The lowest BCUT2D eigenvalue weighted by Crippen LogP contribution is -2.26. The summed E-state index contributed by atoms with van der Waals surface area (Å²) in [5.74, 6) is 0.112. The normalized spacial score (nSPS) is 12.5. The Morgan fingerprint density at radius 3 is 2.48 bits per heavy atom. The number of rotatable bonds is 7. The molecule has 3 aromatic rings. The van der Waals surface area contributed by atoms with Gasteiger partial charge in [-0.05, 0) is 49.7 Å². The van der Waals surface area contributed by atoms with Crippen molar-refractivity contribution in [1.82, 2.24) is 9.66 Å². The quantitative estimate of drug-likeness (QED) is 0.272. The highest BCUT2D eigenvalue weighted by molar-refractivity contribution is 9.10. The Morgan fingerprint density at radius 1 is 1.21 bits per heavy atom. The lowest BCUT2D eigenvalue weighted by molar-refractivity contribution is -0.150. The van der Waals surface area contributed by atoms with Gasteiger partial charge >= 0.3 is 5.97 Å². The van der Waals surface area contributed by atoms with E-state index < -0.39 is 12.1 Å². The number of aromatic nitrogens is 2. The number of ether oxygens (including phenoxy) is 2. The Hall–Kier alpha value is -2.42. The highest BCUT2D eigenvalue weighted by Crippen LogP contribution is 2.34. The van der Waals surface area contributed by atoms with Crippen LogP contribution in [0.2, 0.25) is 10.0 Å². The predicted molar refractivity (Wildman–Crippen MR) is 134 cm³/mol. The third kappa shape index (κ3) is 5.75. The Kier molecular flexibility index (Phi) is 8.15. The molecular formula is C23H22BrCl2N3O4. The Morgan fingerprint density at radius 2 is 1.88 bits per heavy atom. The van der Waals surface area contributed by atoms with E-state index in [0.717, 1.165) is 4.47 Å². The summed E-state index contributed by atoms with van der Waals surface area (Å²) in [6, 6.07) is 8.50. The molecule has 0 unspecified atom stereocenters. The first-order valence-electron chi connectivity index (χ1n) is 10.2. The Balaban J connectivity index is 1.98. The van der Waals surface area contributed by atoms with Crippen molar-refractivity contribution < 1.29 is 14.3 Å². The molecule has 33 heavy (non-hydrogen) atoms. The van der Waals surface area contributed by atoms with Gasteiger partial charge in [0.05, 0.1) is 33.8 Å². The largest absolute Gasteiger partial charge is 0.476 e. The zero-order chi connectivity index (χ0) is 24.3. The molecule has 0 amide bonds. The molecule has 2 aromatic carbocycles. The first-order valence-corrected chi connectivity index (χ1v) is 11.8. The number of carbonyl (C=O) groups excluding carboxylic acids is 1. The second-order valence-electron chi connectivity index (χ2n) is 7.47. The molecule has 0 saturated heterocycles. The van der Waals surface area contributed by atoms with Crippen molar-refractivity contribution in [3.8, 4) is 5.75 Å². The summed E-state index contributed by atoms with van der Waals surface area (Å²) < 4.78 is 12.6. The molecule has 0 saturated carbocycles. The molecule has 1 aromatic heterocycles. The van der Waals surface area contributed by atoms with Gasteiger partial charge in [-0.1, -0.05) is 53.0 Å². The summed E-state index contributed by atoms with van der Waals surface area (Å²) in [5.41, 5.74) is 0.848. The average molecular weight is 555 g/mol. The standard InChI is InChI=1S/C23H22BrCl2N3O4/c1-5-32-23(31)13(4)33-20-17(25)8-14(9-18(20)26)11-27-29-21(12(2)3)28-19-7-6-15(24)10-16(19)22(29)30/h6-13H,5H2,1-4H3/t13-/m1/s1. The molecule has 174 valence electrons. The van der Waals surface area contributed by atoms with Gasteiger partial charge in [0, 0.05) is 10.4 Å². The van der Waals surface area contributed by atoms with Gasteiger partial charge in [-0.3, -0.25) is 4.79 Å². The van der Waals surface area contributed by atoms with Crippen molar-refractivity contribution in [3.63, 3.8) is 0 Å². The summed E-state index contributed by atoms with van der Waals surface area (Å²) >= 11 is 16.1. The minimum absolute atomic E-state index is 0.0461. The third-order valence-corrected chi connectivity index (χ3v) is 5.66. The fourth-order valence-electron chi connectivity index (χ4n) is 3.03. The molecular weight excluding hydrogens is 533 g/mol. The lowest BCUT2D eigenvalue weighted by Gasteiger charge is -2.16. The summed E-state index contributed by atoms with van der Waals surface area (Å²) in [7, 11) is 0. The van der Waals surface area contributed by atoms with E-state index in [1.165, 1.54) is 10.9 Å². The second-order valence-corrected chi connectivity index (χ2v) is 9.20. The monoisotopic (exact) mass is 553 g/mol. The summed E-state index contributed by atoms with van der Waals surface area (Å²) in [5, 5.41) is 5.20. The number of benzene rings is 2. The van der Waals surface area contributed by atoms with Crippen LogP contribution in [0.1, 0.15) is 45.0 Å². The lowest BCUT2D eigenvalue weighted by atomic mass is 10.2. The smallest absolute Gasteiger partial charge is 0.347 e. The van der Waals surface area contributed by atoms with Gasteiger partial charge in [0.15, 0.2) is 11.9 Å². The highest BCUT2D eigenvalue weighted by atomic mass is 79.9. The maximum absolute atomic E-state index is 13.1. The number of carbonyl (C=O) groups is 1. The van der Waals surface area contributed by atoms with Crippen LogP contribution in [0.3, 0.4) is 0 Å². The molecule has 0 aliphatic heterocycles. The van der Waals surface area contributed by atoms with Crippen molar-refractivity contribution >= 4 is 62.2 Å². The summed E-state index contributed by atoms with van der Waals surface area (Å²) in [4.78, 5) is 29.6. The number of hydrogen-bond acceptors (Lipinski definition) is 6. The van der Waals surface area contributed by atoms with Crippen molar-refractivity contribution in [2.45, 2.75) is 39.7 Å². The Bertz CT molecular complexity index is 1270. The van der Waals surface area contributed by atoms with Gasteiger partial charge in [0.1, 0.15) is 5.82 Å². The first kappa shape index (κ1) is 25.2. The van der Waals surface area contributed by atoms with Gasteiger partial charge in [-0.25, -0.2) is 9.78 Å². The van der Waals surface area contributed by atoms with Crippen LogP contribution in [0, 0.1) is 0 Å². The van der Waals surface area contributed by atoms with E-state index in [1.807, 2.05) is 19.9 Å². The van der Waals surface area contributed by atoms with E-state index in [0.29, 0.717) is 22.3 Å².